The van der Waals surface area contributed by atoms with Crippen LogP contribution in [-0.2, 0) is 0 Å². The highest BCUT2D eigenvalue weighted by molar-refractivity contribution is 5.89. The van der Waals surface area contributed by atoms with E-state index in [9.17, 15) is 4.79 Å². The highest BCUT2D eigenvalue weighted by Crippen LogP contribution is 2.20. The number of rotatable bonds is 7. The van der Waals surface area contributed by atoms with Crippen molar-refractivity contribution in [2.45, 2.75) is 26.7 Å². The first kappa shape index (κ1) is 21.6. The Labute approximate surface area is 187 Å². The summed E-state index contributed by atoms with van der Waals surface area (Å²) in [6.45, 7) is 7.27. The summed E-state index contributed by atoms with van der Waals surface area (Å²) in [4.78, 5) is 25.4. The van der Waals surface area contributed by atoms with Crippen LogP contribution in [0.2, 0.25) is 0 Å². The SMILES string of the molecule is CCCCOc1ccc(NC(=O)N2CCN(c3ccc(-c4noc(C)n4)cn3)CC2)cc1. The van der Waals surface area contributed by atoms with Crippen molar-refractivity contribution >= 4 is 17.5 Å². The van der Waals surface area contributed by atoms with Crippen LogP contribution >= 0.6 is 0 Å². The van der Waals surface area contributed by atoms with Gasteiger partial charge in [-0.25, -0.2) is 9.78 Å². The van der Waals surface area contributed by atoms with Crippen LogP contribution < -0.4 is 15.0 Å². The molecule has 0 unspecified atom stereocenters. The number of unbranched alkanes of at least 4 members (excludes halogenated alkanes) is 1. The fourth-order valence-corrected chi connectivity index (χ4v) is 3.43. The Kier molecular flexibility index (Phi) is 6.84. The molecule has 2 amide bonds. The number of aromatic nitrogens is 3. The minimum absolute atomic E-state index is 0.0971. The number of nitrogens with one attached hydrogen (secondary N) is 1. The summed E-state index contributed by atoms with van der Waals surface area (Å²) in [5, 5.41) is 6.88. The highest BCUT2D eigenvalue weighted by Gasteiger charge is 2.22. The summed E-state index contributed by atoms with van der Waals surface area (Å²) in [6, 6.07) is 11.3. The van der Waals surface area contributed by atoms with Crippen LogP contribution in [0.5, 0.6) is 5.75 Å². The van der Waals surface area contributed by atoms with Gasteiger partial charge in [0.05, 0.1) is 6.61 Å². The van der Waals surface area contributed by atoms with Crippen molar-refractivity contribution in [3.8, 4) is 17.1 Å². The van der Waals surface area contributed by atoms with E-state index in [4.69, 9.17) is 9.26 Å². The van der Waals surface area contributed by atoms with E-state index in [2.05, 4.69) is 32.3 Å². The predicted octanol–water partition coefficient (Wildman–Crippen LogP) is 3.97. The van der Waals surface area contributed by atoms with Gasteiger partial charge in [0.15, 0.2) is 0 Å². The van der Waals surface area contributed by atoms with Crippen molar-refractivity contribution in [1.82, 2.24) is 20.0 Å². The van der Waals surface area contributed by atoms with Crippen molar-refractivity contribution < 1.29 is 14.1 Å². The third kappa shape index (κ3) is 5.35. The molecule has 1 N–H and O–H groups in total. The van der Waals surface area contributed by atoms with E-state index in [1.165, 1.54) is 0 Å². The molecular formula is C23H28N6O3. The van der Waals surface area contributed by atoms with Crippen LogP contribution in [-0.4, -0.2) is 58.8 Å². The Morgan fingerprint density at radius 1 is 1.12 bits per heavy atom. The monoisotopic (exact) mass is 436 g/mol. The Morgan fingerprint density at radius 3 is 2.53 bits per heavy atom. The summed E-state index contributed by atoms with van der Waals surface area (Å²) in [7, 11) is 0. The number of hydrogen-bond donors (Lipinski definition) is 1. The van der Waals surface area contributed by atoms with Crippen LogP contribution in [0.25, 0.3) is 11.4 Å². The molecule has 0 aliphatic carbocycles. The van der Waals surface area contributed by atoms with Crippen molar-refractivity contribution in [3.05, 3.63) is 48.5 Å². The second-order valence-corrected chi connectivity index (χ2v) is 7.67. The van der Waals surface area contributed by atoms with Gasteiger partial charge in [0.2, 0.25) is 11.7 Å². The van der Waals surface area contributed by atoms with Crippen LogP contribution in [0.1, 0.15) is 25.7 Å². The van der Waals surface area contributed by atoms with Gasteiger partial charge in [-0.05, 0) is 42.8 Å². The Morgan fingerprint density at radius 2 is 1.91 bits per heavy atom. The molecule has 0 saturated carbocycles. The van der Waals surface area contributed by atoms with Crippen molar-refractivity contribution in [3.63, 3.8) is 0 Å². The third-order valence-electron chi connectivity index (χ3n) is 5.30. The zero-order valence-corrected chi connectivity index (χ0v) is 18.5. The largest absolute Gasteiger partial charge is 0.494 e. The number of piperazine rings is 1. The predicted molar refractivity (Wildman–Crippen MR) is 122 cm³/mol. The Hall–Kier alpha value is -3.62. The van der Waals surface area contributed by atoms with Gasteiger partial charge in [-0.1, -0.05) is 18.5 Å². The summed E-state index contributed by atoms with van der Waals surface area (Å²) in [5.41, 5.74) is 1.57. The summed E-state index contributed by atoms with van der Waals surface area (Å²) < 4.78 is 10.7. The second kappa shape index (κ2) is 10.1. The third-order valence-corrected chi connectivity index (χ3v) is 5.30. The fourth-order valence-electron chi connectivity index (χ4n) is 3.43. The summed E-state index contributed by atoms with van der Waals surface area (Å²) >= 11 is 0. The number of carbonyl (C=O) groups is 1. The van der Waals surface area contributed by atoms with Crippen molar-refractivity contribution in [1.29, 1.82) is 0 Å². The van der Waals surface area contributed by atoms with Crippen LogP contribution in [0.15, 0.2) is 47.1 Å². The molecule has 1 saturated heterocycles. The average Bonchev–Trinajstić information content (AvgIpc) is 3.27. The molecule has 0 atom stereocenters. The van der Waals surface area contributed by atoms with Gasteiger partial charge >= 0.3 is 6.03 Å². The van der Waals surface area contributed by atoms with Crippen LogP contribution in [0.4, 0.5) is 16.3 Å². The maximum absolute atomic E-state index is 12.6. The number of benzene rings is 1. The van der Waals surface area contributed by atoms with E-state index in [-0.39, 0.29) is 6.03 Å². The number of aryl methyl sites for hydroxylation is 1. The zero-order valence-electron chi connectivity index (χ0n) is 18.5. The molecule has 0 bridgehead atoms. The van der Waals surface area contributed by atoms with Gasteiger partial charge in [0.25, 0.3) is 0 Å². The molecule has 168 valence electrons. The normalized spacial score (nSPS) is 13.8. The van der Waals surface area contributed by atoms with E-state index in [1.54, 1.807) is 13.1 Å². The van der Waals surface area contributed by atoms with Gasteiger partial charge in [-0.3, -0.25) is 0 Å². The lowest BCUT2D eigenvalue weighted by Crippen LogP contribution is -2.50. The lowest BCUT2D eigenvalue weighted by atomic mass is 10.2. The van der Waals surface area contributed by atoms with E-state index in [0.717, 1.165) is 35.7 Å². The summed E-state index contributed by atoms with van der Waals surface area (Å²) in [6.07, 6.45) is 3.87. The topological polar surface area (TPSA) is 96.6 Å². The minimum Gasteiger partial charge on any atom is -0.494 e. The number of nitrogens with zero attached hydrogens (tertiary/aromatic N) is 5. The molecule has 1 fully saturated rings. The maximum Gasteiger partial charge on any atom is 0.321 e. The van der Waals surface area contributed by atoms with Gasteiger partial charge in [0.1, 0.15) is 11.6 Å². The molecular weight excluding hydrogens is 408 g/mol. The fraction of sp³-hybridized carbons (Fsp3) is 0.391. The van der Waals surface area contributed by atoms with E-state index in [1.807, 2.05) is 41.3 Å². The molecule has 9 nitrogen and oxygen atoms in total. The summed E-state index contributed by atoms with van der Waals surface area (Å²) in [5.74, 6) is 2.74. The molecule has 0 spiro atoms. The second-order valence-electron chi connectivity index (χ2n) is 7.67. The standard InChI is InChI=1S/C23H28N6O3/c1-3-4-15-31-20-8-6-19(7-9-20)26-23(30)29-13-11-28(12-14-29)21-10-5-18(16-24-21)22-25-17(2)32-27-22/h5-10,16H,3-4,11-15H2,1-2H3,(H,26,30). The van der Waals surface area contributed by atoms with Crippen LogP contribution in [0, 0.1) is 6.92 Å². The first-order valence-electron chi connectivity index (χ1n) is 10.9. The number of amides is 2. The first-order chi connectivity index (χ1) is 15.6. The molecule has 2 aromatic heterocycles. The number of ether oxygens (including phenoxy) is 1. The minimum atomic E-state index is -0.0971. The highest BCUT2D eigenvalue weighted by atomic mass is 16.5. The van der Waals surface area contributed by atoms with Gasteiger partial charge in [-0.15, -0.1) is 0 Å². The molecule has 4 rings (SSSR count). The van der Waals surface area contributed by atoms with E-state index in [0.29, 0.717) is 44.5 Å². The van der Waals surface area contributed by atoms with Crippen LogP contribution in [0.3, 0.4) is 0 Å². The molecule has 32 heavy (non-hydrogen) atoms. The molecule has 1 aliphatic heterocycles. The van der Waals surface area contributed by atoms with E-state index >= 15 is 0 Å². The van der Waals surface area contributed by atoms with Gasteiger partial charge < -0.3 is 24.4 Å². The molecule has 3 heterocycles. The van der Waals surface area contributed by atoms with Crippen molar-refractivity contribution in [2.24, 2.45) is 0 Å². The van der Waals surface area contributed by atoms with Gasteiger partial charge in [-0.2, -0.15) is 4.98 Å². The van der Waals surface area contributed by atoms with Crippen molar-refractivity contribution in [2.75, 3.05) is 43.0 Å². The molecule has 0 radical (unpaired) electrons. The quantitative estimate of drug-likeness (QED) is 0.560. The smallest absolute Gasteiger partial charge is 0.321 e. The van der Waals surface area contributed by atoms with E-state index < -0.39 is 0 Å². The number of carbonyl (C=O) groups excluding carboxylic acids is 1. The lowest BCUT2D eigenvalue weighted by Gasteiger charge is -2.35. The molecule has 3 aromatic rings. The molecule has 9 heteroatoms. The Balaban J connectivity index is 1.26. The average molecular weight is 437 g/mol. The first-order valence-corrected chi connectivity index (χ1v) is 10.9. The maximum atomic E-state index is 12.6. The lowest BCUT2D eigenvalue weighted by molar-refractivity contribution is 0.208. The molecule has 1 aromatic carbocycles. The molecule has 1 aliphatic rings. The number of hydrogen-bond acceptors (Lipinski definition) is 7. The zero-order chi connectivity index (χ0) is 22.3. The number of pyridine rings is 1. The van der Waals surface area contributed by atoms with Gasteiger partial charge in [0, 0.05) is 50.6 Å². The Bertz CT molecular complexity index is 1010. The number of anilines is 2. The number of urea groups is 1.